The average molecular weight is 389 g/mol. The summed E-state index contributed by atoms with van der Waals surface area (Å²) >= 11 is 9.84. The minimum atomic E-state index is -3.79. The molecule has 0 radical (unpaired) electrons. The molecule has 1 N–H and O–H groups in total. The second-order valence-corrected chi connectivity index (χ2v) is 11.2. The molecule has 0 saturated carbocycles. The molecule has 0 aromatic rings. The summed E-state index contributed by atoms with van der Waals surface area (Å²) in [4.78, 5) is 0. The summed E-state index contributed by atoms with van der Waals surface area (Å²) in [5.41, 5.74) is 0. The van der Waals surface area contributed by atoms with Gasteiger partial charge in [-0.25, -0.2) is 0 Å². The van der Waals surface area contributed by atoms with E-state index in [-0.39, 0.29) is 7.90 Å². The first-order chi connectivity index (χ1) is 5.21. The molecule has 0 aromatic heterocycles. The maximum absolute atomic E-state index is 10.3. The van der Waals surface area contributed by atoms with Gasteiger partial charge in [0, 0.05) is 0 Å². The fourth-order valence-corrected chi connectivity index (χ4v) is 2.02. The van der Waals surface area contributed by atoms with Gasteiger partial charge in [0.2, 0.25) is 0 Å². The zero-order valence-corrected chi connectivity index (χ0v) is 11.7. The van der Waals surface area contributed by atoms with E-state index in [1.165, 1.54) is 0 Å². The largest absolute Gasteiger partial charge is 0.286 e. The highest BCUT2D eigenvalue weighted by atomic mass is 80.0. The Kier molecular flexibility index (Phi) is 5.88. The van der Waals surface area contributed by atoms with E-state index in [0.29, 0.717) is 12.8 Å². The summed E-state index contributed by atoms with van der Waals surface area (Å²) in [7, 11) is -3.79. The Bertz CT molecular complexity index is 219. The normalized spacial score (nSPS) is 13.3. The van der Waals surface area contributed by atoms with Crippen LogP contribution in [0.4, 0.5) is 0 Å². The van der Waals surface area contributed by atoms with Gasteiger partial charge in [-0.15, -0.1) is 0 Å². The lowest BCUT2D eigenvalue weighted by molar-refractivity contribution is 0.480. The van der Waals surface area contributed by atoms with Crippen LogP contribution in [0.15, 0.2) is 0 Å². The van der Waals surface area contributed by atoms with Gasteiger partial charge in [-0.05, 0) is 19.3 Å². The van der Waals surface area contributed by atoms with Crippen LogP contribution >= 0.6 is 47.8 Å². The molecule has 0 saturated heterocycles. The fraction of sp³-hybridized carbons (Fsp3) is 1.00. The number of alkyl halides is 3. The van der Waals surface area contributed by atoms with Crippen molar-refractivity contribution in [3.8, 4) is 0 Å². The van der Waals surface area contributed by atoms with E-state index >= 15 is 0 Å². The van der Waals surface area contributed by atoms with Crippen molar-refractivity contribution in [3.63, 3.8) is 0 Å². The number of halogens is 3. The molecule has 0 aromatic carbocycles. The van der Waals surface area contributed by atoms with Crippen molar-refractivity contribution >= 4 is 57.9 Å². The SMILES string of the molecule is O=S(=O)(O)CCCCC(Br)(Br)Br. The molecule has 74 valence electrons. The summed E-state index contributed by atoms with van der Waals surface area (Å²) in [5.74, 6) is -0.171. The van der Waals surface area contributed by atoms with Gasteiger partial charge in [0.15, 0.2) is 0 Å². The average Bonchev–Trinajstić information content (AvgIpc) is 1.76. The van der Waals surface area contributed by atoms with E-state index in [9.17, 15) is 8.42 Å². The highest BCUT2D eigenvalue weighted by Crippen LogP contribution is 2.38. The maximum Gasteiger partial charge on any atom is 0.264 e. The van der Waals surface area contributed by atoms with Crippen LogP contribution in [-0.2, 0) is 10.1 Å². The third-order valence-electron chi connectivity index (χ3n) is 1.11. The Hall–Kier alpha value is 1.35. The van der Waals surface area contributed by atoms with Crippen LogP contribution in [0.3, 0.4) is 0 Å². The molecule has 12 heavy (non-hydrogen) atoms. The zero-order valence-electron chi connectivity index (χ0n) is 6.13. The van der Waals surface area contributed by atoms with Crippen molar-refractivity contribution in [2.24, 2.45) is 0 Å². The minimum Gasteiger partial charge on any atom is -0.286 e. The molecule has 0 bridgehead atoms. The van der Waals surface area contributed by atoms with Crippen LogP contribution in [0.5, 0.6) is 0 Å². The number of unbranched alkanes of at least 4 members (excludes halogenated alkanes) is 1. The lowest BCUT2D eigenvalue weighted by atomic mass is 10.3. The standard InChI is InChI=1S/C5H9Br3O3S/c6-5(7,8)3-1-2-4-12(9,10)11/h1-4H2,(H,9,10,11). The third kappa shape index (κ3) is 11.4. The van der Waals surface area contributed by atoms with E-state index in [0.717, 1.165) is 6.42 Å². The topological polar surface area (TPSA) is 54.4 Å². The first-order valence-corrected chi connectivity index (χ1v) is 7.21. The van der Waals surface area contributed by atoms with Crippen LogP contribution in [0.1, 0.15) is 19.3 Å². The lowest BCUT2D eigenvalue weighted by Gasteiger charge is -2.10. The summed E-state index contributed by atoms with van der Waals surface area (Å²) < 4.78 is 28.6. The van der Waals surface area contributed by atoms with Gasteiger partial charge in [-0.3, -0.25) is 4.55 Å². The van der Waals surface area contributed by atoms with Crippen molar-refractivity contribution in [2.75, 3.05) is 5.75 Å². The Balaban J connectivity index is 3.48. The van der Waals surface area contributed by atoms with Crippen LogP contribution < -0.4 is 0 Å². The smallest absolute Gasteiger partial charge is 0.264 e. The van der Waals surface area contributed by atoms with Gasteiger partial charge in [0.05, 0.1) is 5.75 Å². The molecule has 7 heteroatoms. The van der Waals surface area contributed by atoms with Gasteiger partial charge < -0.3 is 0 Å². The number of rotatable bonds is 4. The molecule has 0 unspecified atom stereocenters. The molecule has 0 spiro atoms. The second-order valence-electron chi connectivity index (χ2n) is 2.36. The minimum absolute atomic E-state index is 0.171. The van der Waals surface area contributed by atoms with E-state index in [1.54, 1.807) is 0 Å². The molecule has 3 nitrogen and oxygen atoms in total. The first kappa shape index (κ1) is 13.4. The Morgan fingerprint density at radius 2 is 1.67 bits per heavy atom. The quantitative estimate of drug-likeness (QED) is 0.457. The summed E-state index contributed by atoms with van der Waals surface area (Å²) in [6.07, 6.45) is 1.91. The number of hydrogen-bond donors (Lipinski definition) is 1. The van der Waals surface area contributed by atoms with E-state index in [1.807, 2.05) is 0 Å². The summed E-state index contributed by atoms with van der Waals surface area (Å²) in [6.45, 7) is 0. The molecule has 0 amide bonds. The number of hydrogen-bond acceptors (Lipinski definition) is 2. The monoisotopic (exact) mass is 386 g/mol. The third-order valence-corrected chi connectivity index (χ3v) is 3.11. The van der Waals surface area contributed by atoms with Crippen LogP contribution in [-0.4, -0.2) is 20.9 Å². The lowest BCUT2D eigenvalue weighted by Crippen LogP contribution is -2.05. The molecule has 0 atom stereocenters. The van der Waals surface area contributed by atoms with Gasteiger partial charge in [-0.1, -0.05) is 47.8 Å². The van der Waals surface area contributed by atoms with Gasteiger partial charge in [-0.2, -0.15) is 8.42 Å². The Morgan fingerprint density at radius 3 is 2.00 bits per heavy atom. The predicted octanol–water partition coefficient (Wildman–Crippen LogP) is 2.88. The van der Waals surface area contributed by atoms with Crippen molar-refractivity contribution in [1.82, 2.24) is 0 Å². The van der Waals surface area contributed by atoms with Crippen LogP contribution in [0, 0.1) is 0 Å². The van der Waals surface area contributed by atoms with E-state index in [4.69, 9.17) is 4.55 Å². The molecule has 0 rings (SSSR count). The van der Waals surface area contributed by atoms with Crippen molar-refractivity contribution in [3.05, 3.63) is 0 Å². The zero-order chi connectivity index (χ0) is 9.83. The molecule has 0 fully saturated rings. The van der Waals surface area contributed by atoms with Crippen LogP contribution in [0.2, 0.25) is 0 Å². The van der Waals surface area contributed by atoms with Crippen LogP contribution in [0.25, 0.3) is 0 Å². The Labute approximate surface area is 97.4 Å². The summed E-state index contributed by atoms with van der Waals surface area (Å²) in [6, 6.07) is 0. The summed E-state index contributed by atoms with van der Waals surface area (Å²) in [5, 5.41) is 0. The fourth-order valence-electron chi connectivity index (χ4n) is 0.610. The van der Waals surface area contributed by atoms with Crippen molar-refractivity contribution in [2.45, 2.75) is 21.4 Å². The van der Waals surface area contributed by atoms with Gasteiger partial charge in [0.1, 0.15) is 2.14 Å². The molecule has 0 aliphatic carbocycles. The second kappa shape index (κ2) is 5.29. The van der Waals surface area contributed by atoms with E-state index < -0.39 is 10.1 Å². The highest BCUT2D eigenvalue weighted by Gasteiger charge is 2.16. The Morgan fingerprint density at radius 1 is 1.17 bits per heavy atom. The maximum atomic E-state index is 10.3. The molecule has 0 aliphatic rings. The molecular weight excluding hydrogens is 380 g/mol. The molecule has 0 aliphatic heterocycles. The highest BCUT2D eigenvalue weighted by molar-refractivity contribution is 9.39. The first-order valence-electron chi connectivity index (χ1n) is 3.23. The van der Waals surface area contributed by atoms with Gasteiger partial charge >= 0.3 is 0 Å². The molecule has 0 heterocycles. The van der Waals surface area contributed by atoms with E-state index in [2.05, 4.69) is 47.8 Å². The predicted molar refractivity (Wildman–Crippen MR) is 59.8 cm³/mol. The van der Waals surface area contributed by atoms with Crippen molar-refractivity contribution in [1.29, 1.82) is 0 Å². The van der Waals surface area contributed by atoms with Crippen molar-refractivity contribution < 1.29 is 13.0 Å². The molecular formula is C5H9Br3O3S. The van der Waals surface area contributed by atoms with Gasteiger partial charge in [0.25, 0.3) is 10.1 Å².